The third-order valence-corrected chi connectivity index (χ3v) is 3.96. The van der Waals surface area contributed by atoms with E-state index in [1.165, 1.54) is 0 Å². The Balaban J connectivity index is 1.98. The van der Waals surface area contributed by atoms with Crippen LogP contribution in [0.5, 0.6) is 5.75 Å². The molecular weight excluding hydrogens is 290 g/mol. The largest absolute Gasteiger partial charge is 0.490 e. The van der Waals surface area contributed by atoms with Crippen molar-refractivity contribution >= 4 is 11.7 Å². The van der Waals surface area contributed by atoms with E-state index < -0.39 is 0 Å². The Hall–Kier alpha value is -2.56. The lowest BCUT2D eigenvalue weighted by molar-refractivity contribution is -0.116. The first-order valence-corrected chi connectivity index (χ1v) is 7.81. The summed E-state index contributed by atoms with van der Waals surface area (Å²) < 4.78 is 7.46. The average Bonchev–Trinajstić information content (AvgIpc) is 2.96. The van der Waals surface area contributed by atoms with Gasteiger partial charge in [-0.25, -0.2) is 4.68 Å². The molecular formula is C18H21N3O2. The summed E-state index contributed by atoms with van der Waals surface area (Å²) in [6.45, 7) is 8.22. The summed E-state index contributed by atoms with van der Waals surface area (Å²) in [6, 6.07) is 8.07. The molecule has 2 heterocycles. The summed E-state index contributed by atoms with van der Waals surface area (Å²) in [5.41, 5.74) is 2.12. The highest BCUT2D eigenvalue weighted by Crippen LogP contribution is 2.38. The Kier molecular flexibility index (Phi) is 4.19. The second-order valence-corrected chi connectivity index (χ2v) is 5.96. The van der Waals surface area contributed by atoms with E-state index in [2.05, 4.69) is 17.0 Å². The number of amides is 1. The highest BCUT2D eigenvalue weighted by molar-refractivity contribution is 5.94. The summed E-state index contributed by atoms with van der Waals surface area (Å²) in [5, 5.41) is 7.39. The molecule has 1 aromatic carbocycles. The number of fused-ring (bicyclic) bond motifs is 1. The van der Waals surface area contributed by atoms with Crippen molar-refractivity contribution in [1.82, 2.24) is 9.78 Å². The average molecular weight is 311 g/mol. The highest BCUT2D eigenvalue weighted by atomic mass is 16.5. The van der Waals surface area contributed by atoms with E-state index in [9.17, 15) is 4.79 Å². The van der Waals surface area contributed by atoms with Gasteiger partial charge < -0.3 is 10.1 Å². The molecule has 0 aliphatic carbocycles. The standard InChI is InChI=1S/C18H21N3O2/c1-4-8-23-14-7-5-6-13(9-14)15-10-17(22)20-18-16(15)11-19-21(18)12(2)3/h4-7,9,11-12,15H,1,8,10H2,2-3H3,(H,20,22)/t15-/m0/s1. The van der Waals surface area contributed by atoms with Gasteiger partial charge in [-0.2, -0.15) is 5.10 Å². The fraction of sp³-hybridized carbons (Fsp3) is 0.333. The zero-order valence-corrected chi connectivity index (χ0v) is 13.5. The molecule has 0 bridgehead atoms. The van der Waals surface area contributed by atoms with Crippen molar-refractivity contribution in [3.63, 3.8) is 0 Å². The summed E-state index contributed by atoms with van der Waals surface area (Å²) in [6.07, 6.45) is 3.99. The summed E-state index contributed by atoms with van der Waals surface area (Å²) >= 11 is 0. The molecule has 0 saturated carbocycles. The number of ether oxygens (including phenoxy) is 1. The lowest BCUT2D eigenvalue weighted by atomic mass is 9.87. The monoisotopic (exact) mass is 311 g/mol. The predicted octanol–water partition coefficient (Wildman–Crippen LogP) is 3.50. The number of hydrogen-bond acceptors (Lipinski definition) is 3. The molecule has 1 aromatic heterocycles. The van der Waals surface area contributed by atoms with Gasteiger partial charge in [0.15, 0.2) is 0 Å². The van der Waals surface area contributed by atoms with Crippen LogP contribution in [0.25, 0.3) is 0 Å². The highest BCUT2D eigenvalue weighted by Gasteiger charge is 2.30. The minimum atomic E-state index is -0.00136. The van der Waals surface area contributed by atoms with Crippen LogP contribution in [0.3, 0.4) is 0 Å². The van der Waals surface area contributed by atoms with Gasteiger partial charge in [0.1, 0.15) is 18.2 Å². The molecule has 5 nitrogen and oxygen atoms in total. The van der Waals surface area contributed by atoms with Crippen molar-refractivity contribution < 1.29 is 9.53 Å². The molecule has 5 heteroatoms. The summed E-state index contributed by atoms with van der Waals surface area (Å²) in [5.74, 6) is 1.60. The van der Waals surface area contributed by atoms with Crippen LogP contribution in [0.15, 0.2) is 43.1 Å². The molecule has 1 atom stereocenters. The van der Waals surface area contributed by atoms with E-state index in [0.29, 0.717) is 13.0 Å². The Morgan fingerprint density at radius 3 is 3.09 bits per heavy atom. The first-order valence-electron chi connectivity index (χ1n) is 7.81. The van der Waals surface area contributed by atoms with Gasteiger partial charge in [0.05, 0.1) is 6.20 Å². The fourth-order valence-corrected chi connectivity index (χ4v) is 2.90. The van der Waals surface area contributed by atoms with Crippen LogP contribution in [-0.4, -0.2) is 22.3 Å². The van der Waals surface area contributed by atoms with Crippen molar-refractivity contribution in [3.05, 3.63) is 54.2 Å². The topological polar surface area (TPSA) is 56.1 Å². The molecule has 0 radical (unpaired) electrons. The number of nitrogens with zero attached hydrogens (tertiary/aromatic N) is 2. The molecule has 1 amide bonds. The minimum Gasteiger partial charge on any atom is -0.490 e. The smallest absolute Gasteiger partial charge is 0.226 e. The first kappa shape index (κ1) is 15.3. The van der Waals surface area contributed by atoms with Crippen LogP contribution in [0.4, 0.5) is 5.82 Å². The van der Waals surface area contributed by atoms with Crippen LogP contribution in [-0.2, 0) is 4.79 Å². The normalized spacial score (nSPS) is 16.8. The van der Waals surface area contributed by atoms with Crippen LogP contribution >= 0.6 is 0 Å². The Bertz CT molecular complexity index is 734. The van der Waals surface area contributed by atoms with Gasteiger partial charge in [-0.15, -0.1) is 0 Å². The number of benzene rings is 1. The van der Waals surface area contributed by atoms with Crippen molar-refractivity contribution in [2.45, 2.75) is 32.2 Å². The van der Waals surface area contributed by atoms with Crippen LogP contribution in [0, 0.1) is 0 Å². The zero-order chi connectivity index (χ0) is 16.4. The molecule has 0 saturated heterocycles. The molecule has 0 unspecified atom stereocenters. The molecule has 1 aliphatic heterocycles. The molecule has 0 fully saturated rings. The lowest BCUT2D eigenvalue weighted by Crippen LogP contribution is -2.25. The molecule has 0 spiro atoms. The van der Waals surface area contributed by atoms with Crippen molar-refractivity contribution in [2.75, 3.05) is 11.9 Å². The SMILES string of the molecule is C=CCOc1cccc([C@@H]2CC(=O)Nc3c2cnn3C(C)C)c1. The van der Waals surface area contributed by atoms with Gasteiger partial charge in [0.2, 0.25) is 5.91 Å². The van der Waals surface area contributed by atoms with Gasteiger partial charge in [0, 0.05) is 23.9 Å². The fourth-order valence-electron chi connectivity index (χ4n) is 2.90. The maximum atomic E-state index is 12.1. The lowest BCUT2D eigenvalue weighted by Gasteiger charge is -2.24. The Labute approximate surface area is 136 Å². The number of nitrogens with one attached hydrogen (secondary N) is 1. The van der Waals surface area contributed by atoms with E-state index in [1.54, 1.807) is 6.08 Å². The number of aromatic nitrogens is 2. The van der Waals surface area contributed by atoms with Crippen molar-refractivity contribution in [3.8, 4) is 5.75 Å². The van der Waals surface area contributed by atoms with E-state index >= 15 is 0 Å². The number of carbonyl (C=O) groups excluding carboxylic acids is 1. The number of rotatable bonds is 5. The molecule has 23 heavy (non-hydrogen) atoms. The van der Waals surface area contributed by atoms with E-state index in [4.69, 9.17) is 4.74 Å². The van der Waals surface area contributed by atoms with Crippen molar-refractivity contribution in [1.29, 1.82) is 0 Å². The van der Waals surface area contributed by atoms with E-state index in [0.717, 1.165) is 22.7 Å². The van der Waals surface area contributed by atoms with E-state index in [1.807, 2.05) is 49.0 Å². The van der Waals surface area contributed by atoms with Gasteiger partial charge in [0.25, 0.3) is 0 Å². The second kappa shape index (κ2) is 6.28. The van der Waals surface area contributed by atoms with Crippen LogP contribution < -0.4 is 10.1 Å². The maximum Gasteiger partial charge on any atom is 0.226 e. The molecule has 2 aromatic rings. The molecule has 1 N–H and O–H groups in total. The Morgan fingerprint density at radius 2 is 2.35 bits per heavy atom. The number of carbonyl (C=O) groups is 1. The second-order valence-electron chi connectivity index (χ2n) is 5.96. The Morgan fingerprint density at radius 1 is 1.52 bits per heavy atom. The van der Waals surface area contributed by atoms with Gasteiger partial charge in [-0.3, -0.25) is 4.79 Å². The minimum absolute atomic E-state index is 0.00136. The summed E-state index contributed by atoms with van der Waals surface area (Å²) in [4.78, 5) is 12.1. The quantitative estimate of drug-likeness (QED) is 0.860. The predicted molar refractivity (Wildman–Crippen MR) is 89.8 cm³/mol. The molecule has 120 valence electrons. The van der Waals surface area contributed by atoms with E-state index in [-0.39, 0.29) is 17.9 Å². The zero-order valence-electron chi connectivity index (χ0n) is 13.5. The third-order valence-electron chi connectivity index (χ3n) is 3.96. The van der Waals surface area contributed by atoms with Gasteiger partial charge >= 0.3 is 0 Å². The summed E-state index contributed by atoms with van der Waals surface area (Å²) in [7, 11) is 0. The first-order chi connectivity index (χ1) is 11.1. The van der Waals surface area contributed by atoms with Crippen LogP contribution in [0.1, 0.15) is 43.4 Å². The third kappa shape index (κ3) is 2.99. The van der Waals surface area contributed by atoms with Gasteiger partial charge in [-0.1, -0.05) is 24.8 Å². The number of hydrogen-bond donors (Lipinski definition) is 1. The maximum absolute atomic E-state index is 12.1. The van der Waals surface area contributed by atoms with Gasteiger partial charge in [-0.05, 0) is 31.5 Å². The van der Waals surface area contributed by atoms with Crippen molar-refractivity contribution in [2.24, 2.45) is 0 Å². The van der Waals surface area contributed by atoms with Crippen LogP contribution in [0.2, 0.25) is 0 Å². The number of anilines is 1. The molecule has 1 aliphatic rings. The molecule has 3 rings (SSSR count).